The lowest BCUT2D eigenvalue weighted by molar-refractivity contribution is 0.305. The molecule has 0 unspecified atom stereocenters. The highest BCUT2D eigenvalue weighted by molar-refractivity contribution is 7.17. The molecule has 154 valence electrons. The van der Waals surface area contributed by atoms with Crippen molar-refractivity contribution in [2.75, 3.05) is 11.9 Å². The summed E-state index contributed by atoms with van der Waals surface area (Å²) in [4.78, 5) is 9.89. The number of unbranched alkanes of at least 4 members (excludes halogenated alkanes) is 3. The van der Waals surface area contributed by atoms with E-state index in [0.717, 1.165) is 56.6 Å². The Morgan fingerprint density at radius 3 is 2.53 bits per heavy atom. The smallest absolute Gasteiger partial charge is 0.143 e. The predicted molar refractivity (Wildman–Crippen MR) is 127 cm³/mol. The number of benzene rings is 2. The highest BCUT2D eigenvalue weighted by atomic mass is 35.5. The van der Waals surface area contributed by atoms with E-state index >= 15 is 0 Å². The zero-order chi connectivity index (χ0) is 20.8. The summed E-state index contributed by atoms with van der Waals surface area (Å²) in [5.74, 6) is 1.68. The van der Waals surface area contributed by atoms with Gasteiger partial charge in [0.05, 0.1) is 12.0 Å². The minimum atomic E-state index is 0.723. The Kier molecular flexibility index (Phi) is 6.82. The number of fused-ring (bicyclic) bond motifs is 1. The minimum absolute atomic E-state index is 0.723. The van der Waals surface area contributed by atoms with Crippen LogP contribution < -0.4 is 10.1 Å². The average Bonchev–Trinajstić information content (AvgIpc) is 3.21. The Labute approximate surface area is 185 Å². The largest absolute Gasteiger partial charge is 0.494 e. The van der Waals surface area contributed by atoms with Gasteiger partial charge in [-0.1, -0.05) is 49.9 Å². The quantitative estimate of drug-likeness (QED) is 0.272. The molecule has 1 N–H and O–H groups in total. The Balaban J connectivity index is 1.51. The first-order valence-electron chi connectivity index (χ1n) is 10.2. The third-order valence-corrected chi connectivity index (χ3v) is 6.05. The number of hydrogen-bond acceptors (Lipinski definition) is 5. The number of rotatable bonds is 9. The maximum atomic E-state index is 6.05. The first kappa shape index (κ1) is 20.6. The standard InChI is InChI=1S/C24H24ClN3OS/c1-2-3-4-5-14-29-20-12-10-19(11-13-20)28-23-22-21(15-30-24(22)27-16-26-23)17-6-8-18(25)9-7-17/h6-13,15-16H,2-5,14H2,1H3,(H,26,27,28). The average molecular weight is 438 g/mol. The van der Waals surface area contributed by atoms with E-state index in [1.807, 2.05) is 48.5 Å². The summed E-state index contributed by atoms with van der Waals surface area (Å²) in [6.07, 6.45) is 6.41. The second-order valence-electron chi connectivity index (χ2n) is 7.12. The molecule has 2 aromatic heterocycles. The maximum Gasteiger partial charge on any atom is 0.143 e. The van der Waals surface area contributed by atoms with Crippen LogP contribution in [0.3, 0.4) is 0 Å². The van der Waals surface area contributed by atoms with Crippen molar-refractivity contribution in [1.29, 1.82) is 0 Å². The molecule has 0 saturated heterocycles. The molecule has 4 aromatic rings. The highest BCUT2D eigenvalue weighted by Crippen LogP contribution is 2.37. The third-order valence-electron chi connectivity index (χ3n) is 4.91. The first-order valence-corrected chi connectivity index (χ1v) is 11.5. The number of aromatic nitrogens is 2. The molecule has 30 heavy (non-hydrogen) atoms. The predicted octanol–water partition coefficient (Wildman–Crippen LogP) is 7.71. The molecule has 4 rings (SSSR count). The molecule has 0 saturated carbocycles. The number of anilines is 2. The molecule has 6 heteroatoms. The van der Waals surface area contributed by atoms with E-state index in [-0.39, 0.29) is 0 Å². The number of thiophene rings is 1. The molecule has 0 aliphatic rings. The van der Waals surface area contributed by atoms with Gasteiger partial charge in [-0.05, 0) is 48.4 Å². The highest BCUT2D eigenvalue weighted by Gasteiger charge is 2.13. The number of hydrogen-bond donors (Lipinski definition) is 1. The van der Waals surface area contributed by atoms with Crippen molar-refractivity contribution in [2.24, 2.45) is 0 Å². The van der Waals surface area contributed by atoms with Crippen molar-refractivity contribution in [3.8, 4) is 16.9 Å². The fraction of sp³-hybridized carbons (Fsp3) is 0.250. The van der Waals surface area contributed by atoms with Crippen LogP contribution in [0.4, 0.5) is 11.5 Å². The number of halogens is 1. The molecule has 4 nitrogen and oxygen atoms in total. The molecule has 0 bridgehead atoms. The van der Waals surface area contributed by atoms with Crippen LogP contribution in [0, 0.1) is 0 Å². The molecule has 0 fully saturated rings. The van der Waals surface area contributed by atoms with Crippen molar-refractivity contribution in [1.82, 2.24) is 9.97 Å². The minimum Gasteiger partial charge on any atom is -0.494 e. The normalized spacial score (nSPS) is 11.0. The molecule has 0 aliphatic carbocycles. The molecule has 2 heterocycles. The van der Waals surface area contributed by atoms with Crippen LogP contribution in [0.5, 0.6) is 5.75 Å². The first-order chi connectivity index (χ1) is 14.7. The Bertz CT molecular complexity index is 1090. The van der Waals surface area contributed by atoms with Crippen LogP contribution in [0.2, 0.25) is 5.02 Å². The number of nitrogens with zero attached hydrogens (tertiary/aromatic N) is 2. The van der Waals surface area contributed by atoms with E-state index in [1.165, 1.54) is 19.3 Å². The van der Waals surface area contributed by atoms with Crippen molar-refractivity contribution >= 4 is 44.7 Å². The van der Waals surface area contributed by atoms with Gasteiger partial charge in [-0.3, -0.25) is 0 Å². The SMILES string of the molecule is CCCCCCOc1ccc(Nc2ncnc3scc(-c4ccc(Cl)cc4)c23)cc1. The molecular weight excluding hydrogens is 414 g/mol. The molecule has 0 radical (unpaired) electrons. The van der Waals surface area contributed by atoms with Gasteiger partial charge in [-0.15, -0.1) is 11.3 Å². The summed E-state index contributed by atoms with van der Waals surface area (Å²) in [7, 11) is 0. The van der Waals surface area contributed by atoms with Crippen molar-refractivity contribution in [3.05, 3.63) is 65.3 Å². The van der Waals surface area contributed by atoms with Crippen LogP contribution in [-0.2, 0) is 0 Å². The lowest BCUT2D eigenvalue weighted by atomic mass is 10.1. The van der Waals surface area contributed by atoms with Crippen LogP contribution in [-0.4, -0.2) is 16.6 Å². The van der Waals surface area contributed by atoms with Gasteiger partial charge in [0.1, 0.15) is 22.7 Å². The Morgan fingerprint density at radius 2 is 1.77 bits per heavy atom. The van der Waals surface area contributed by atoms with Gasteiger partial charge >= 0.3 is 0 Å². The van der Waals surface area contributed by atoms with E-state index in [1.54, 1.807) is 17.7 Å². The fourth-order valence-electron chi connectivity index (χ4n) is 3.30. The van der Waals surface area contributed by atoms with Crippen molar-refractivity contribution < 1.29 is 4.74 Å². The maximum absolute atomic E-state index is 6.05. The molecule has 2 aromatic carbocycles. The van der Waals surface area contributed by atoms with Gasteiger partial charge in [0.15, 0.2) is 0 Å². The fourth-order valence-corrected chi connectivity index (χ4v) is 4.34. The summed E-state index contributed by atoms with van der Waals surface area (Å²) in [6.45, 7) is 2.98. The molecular formula is C24H24ClN3OS. The van der Waals surface area contributed by atoms with Crippen molar-refractivity contribution in [2.45, 2.75) is 32.6 Å². The van der Waals surface area contributed by atoms with E-state index in [9.17, 15) is 0 Å². The third kappa shape index (κ3) is 4.91. The van der Waals surface area contributed by atoms with Gasteiger partial charge in [0, 0.05) is 21.7 Å². The van der Waals surface area contributed by atoms with E-state index in [0.29, 0.717) is 0 Å². The van der Waals surface area contributed by atoms with Crippen LogP contribution >= 0.6 is 22.9 Å². The number of nitrogens with one attached hydrogen (secondary N) is 1. The molecule has 0 aliphatic heterocycles. The monoisotopic (exact) mass is 437 g/mol. The summed E-state index contributed by atoms with van der Waals surface area (Å²) in [6, 6.07) is 15.9. The van der Waals surface area contributed by atoms with E-state index in [2.05, 4.69) is 27.6 Å². The van der Waals surface area contributed by atoms with Gasteiger partial charge in [-0.2, -0.15) is 0 Å². The zero-order valence-corrected chi connectivity index (χ0v) is 18.5. The summed E-state index contributed by atoms with van der Waals surface area (Å²) in [5.41, 5.74) is 3.15. The van der Waals surface area contributed by atoms with Gasteiger partial charge in [0.25, 0.3) is 0 Å². The summed E-state index contributed by atoms with van der Waals surface area (Å²) in [5, 5.41) is 7.29. The van der Waals surface area contributed by atoms with E-state index in [4.69, 9.17) is 16.3 Å². The van der Waals surface area contributed by atoms with Crippen LogP contribution in [0.1, 0.15) is 32.6 Å². The molecule has 0 amide bonds. The lowest BCUT2D eigenvalue weighted by Crippen LogP contribution is -1.98. The zero-order valence-electron chi connectivity index (χ0n) is 16.9. The topological polar surface area (TPSA) is 47.0 Å². The summed E-state index contributed by atoms with van der Waals surface area (Å²) >= 11 is 7.66. The molecule has 0 spiro atoms. The number of ether oxygens (including phenoxy) is 1. The lowest BCUT2D eigenvalue weighted by Gasteiger charge is -2.10. The van der Waals surface area contributed by atoms with Gasteiger partial charge in [0.2, 0.25) is 0 Å². The second-order valence-corrected chi connectivity index (χ2v) is 8.41. The van der Waals surface area contributed by atoms with Crippen molar-refractivity contribution in [3.63, 3.8) is 0 Å². The summed E-state index contributed by atoms with van der Waals surface area (Å²) < 4.78 is 5.84. The van der Waals surface area contributed by atoms with Crippen LogP contribution in [0.15, 0.2) is 60.2 Å². The van der Waals surface area contributed by atoms with E-state index < -0.39 is 0 Å². The Hall–Kier alpha value is -2.63. The Morgan fingerprint density at radius 1 is 0.967 bits per heavy atom. The van der Waals surface area contributed by atoms with Gasteiger partial charge in [-0.25, -0.2) is 9.97 Å². The van der Waals surface area contributed by atoms with Gasteiger partial charge < -0.3 is 10.1 Å². The second kappa shape index (κ2) is 9.92. The molecule has 0 atom stereocenters. The van der Waals surface area contributed by atoms with Crippen LogP contribution in [0.25, 0.3) is 21.3 Å².